The molecule has 114 valence electrons. The summed E-state index contributed by atoms with van der Waals surface area (Å²) < 4.78 is 7.73. The van der Waals surface area contributed by atoms with Crippen LogP contribution in [-0.4, -0.2) is 55.1 Å². The van der Waals surface area contributed by atoms with Gasteiger partial charge in [-0.15, -0.1) is 0 Å². The molecule has 0 aliphatic carbocycles. The minimum absolute atomic E-state index is 0.185. The molecule has 2 heterocycles. The second kappa shape index (κ2) is 6.89. The van der Waals surface area contributed by atoms with E-state index in [1.165, 1.54) is 0 Å². The van der Waals surface area contributed by atoms with Crippen LogP contribution < -0.4 is 5.32 Å². The molecule has 0 spiro atoms. The van der Waals surface area contributed by atoms with Crippen molar-refractivity contribution in [2.24, 2.45) is 5.92 Å². The molecular formula is C14H25ClN4O. The molecule has 3 atom stereocenters. The maximum atomic E-state index is 6.38. The van der Waals surface area contributed by atoms with Crippen molar-refractivity contribution in [1.82, 2.24) is 20.0 Å². The van der Waals surface area contributed by atoms with E-state index < -0.39 is 0 Å². The van der Waals surface area contributed by atoms with Gasteiger partial charge in [0.05, 0.1) is 35.6 Å². The first-order valence-corrected chi connectivity index (χ1v) is 7.57. The predicted molar refractivity (Wildman–Crippen MR) is 81.1 cm³/mol. The van der Waals surface area contributed by atoms with Gasteiger partial charge in [0.1, 0.15) is 0 Å². The zero-order valence-corrected chi connectivity index (χ0v) is 13.5. The maximum absolute atomic E-state index is 6.38. The Bertz CT molecular complexity index is 435. The number of hydrogen-bond donors (Lipinski definition) is 1. The van der Waals surface area contributed by atoms with E-state index in [9.17, 15) is 0 Å². The van der Waals surface area contributed by atoms with E-state index in [1.54, 1.807) is 6.20 Å². The van der Waals surface area contributed by atoms with Crippen molar-refractivity contribution in [3.8, 4) is 0 Å². The van der Waals surface area contributed by atoms with Crippen molar-refractivity contribution in [1.29, 1.82) is 0 Å². The van der Waals surface area contributed by atoms with E-state index >= 15 is 0 Å². The zero-order valence-electron chi connectivity index (χ0n) is 12.8. The van der Waals surface area contributed by atoms with Gasteiger partial charge in [0.15, 0.2) is 0 Å². The molecule has 1 fully saturated rings. The van der Waals surface area contributed by atoms with Gasteiger partial charge < -0.3 is 15.0 Å². The highest BCUT2D eigenvalue weighted by Gasteiger charge is 2.35. The van der Waals surface area contributed by atoms with Crippen LogP contribution in [-0.2, 0) is 11.3 Å². The van der Waals surface area contributed by atoms with Crippen LogP contribution in [0.4, 0.5) is 0 Å². The van der Waals surface area contributed by atoms with Crippen molar-refractivity contribution in [2.45, 2.75) is 32.0 Å². The summed E-state index contributed by atoms with van der Waals surface area (Å²) in [7, 11) is 6.11. The fourth-order valence-corrected chi connectivity index (χ4v) is 3.15. The minimum Gasteiger partial charge on any atom is -0.378 e. The SMILES string of the molecule is CNC(c1c(Cl)cnn1CCN(C)C)C1CCOC1C. The van der Waals surface area contributed by atoms with Crippen LogP contribution in [0, 0.1) is 5.92 Å². The van der Waals surface area contributed by atoms with Crippen LogP contribution >= 0.6 is 11.6 Å². The highest BCUT2D eigenvalue weighted by Crippen LogP contribution is 2.35. The lowest BCUT2D eigenvalue weighted by molar-refractivity contribution is 0.0952. The number of hydrogen-bond acceptors (Lipinski definition) is 4. The largest absolute Gasteiger partial charge is 0.378 e. The summed E-state index contributed by atoms with van der Waals surface area (Å²) in [4.78, 5) is 2.15. The second-order valence-electron chi connectivity index (χ2n) is 5.70. The third-order valence-corrected chi connectivity index (χ3v) is 4.35. The molecule has 1 aromatic rings. The van der Waals surface area contributed by atoms with Crippen LogP contribution in [0.3, 0.4) is 0 Å². The Morgan fingerprint density at radius 3 is 2.90 bits per heavy atom. The first kappa shape index (κ1) is 15.8. The summed E-state index contributed by atoms with van der Waals surface area (Å²) >= 11 is 6.38. The van der Waals surface area contributed by atoms with Crippen molar-refractivity contribution >= 4 is 11.6 Å². The molecule has 2 rings (SSSR count). The van der Waals surface area contributed by atoms with Gasteiger partial charge in [0, 0.05) is 19.1 Å². The third kappa shape index (κ3) is 3.34. The highest BCUT2D eigenvalue weighted by atomic mass is 35.5. The van der Waals surface area contributed by atoms with E-state index in [1.807, 2.05) is 11.7 Å². The van der Waals surface area contributed by atoms with Crippen LogP contribution in [0.1, 0.15) is 25.1 Å². The molecule has 20 heavy (non-hydrogen) atoms. The van der Waals surface area contributed by atoms with Crippen LogP contribution in [0.25, 0.3) is 0 Å². The number of likely N-dealkylation sites (N-methyl/N-ethyl adjacent to an activating group) is 1. The number of nitrogens with one attached hydrogen (secondary N) is 1. The van der Waals surface area contributed by atoms with Crippen molar-refractivity contribution in [2.75, 3.05) is 34.3 Å². The molecule has 0 saturated carbocycles. The highest BCUT2D eigenvalue weighted by molar-refractivity contribution is 6.31. The van der Waals surface area contributed by atoms with Crippen LogP contribution in [0.2, 0.25) is 5.02 Å². The summed E-state index contributed by atoms with van der Waals surface area (Å²) in [5.41, 5.74) is 1.08. The summed E-state index contributed by atoms with van der Waals surface area (Å²) in [6, 6.07) is 0.185. The summed E-state index contributed by atoms with van der Waals surface area (Å²) in [5.74, 6) is 0.437. The zero-order chi connectivity index (χ0) is 14.7. The normalized spacial score (nSPS) is 24.5. The van der Waals surface area contributed by atoms with Gasteiger partial charge in [-0.3, -0.25) is 4.68 Å². The Hall–Kier alpha value is -0.620. The molecule has 1 aliphatic heterocycles. The van der Waals surface area contributed by atoms with Crippen molar-refractivity contribution in [3.63, 3.8) is 0 Å². The van der Waals surface area contributed by atoms with E-state index in [0.717, 1.165) is 36.8 Å². The summed E-state index contributed by atoms with van der Waals surface area (Å²) in [6.45, 7) is 4.75. The quantitative estimate of drug-likeness (QED) is 0.870. The van der Waals surface area contributed by atoms with Crippen LogP contribution in [0.15, 0.2) is 6.20 Å². The minimum atomic E-state index is 0.185. The lowest BCUT2D eigenvalue weighted by Gasteiger charge is -2.27. The topological polar surface area (TPSA) is 42.3 Å². The number of aromatic nitrogens is 2. The molecule has 5 nitrogen and oxygen atoms in total. The Labute approximate surface area is 126 Å². The Balaban J connectivity index is 2.22. The van der Waals surface area contributed by atoms with E-state index in [4.69, 9.17) is 16.3 Å². The predicted octanol–water partition coefficient (Wildman–Crippen LogP) is 1.78. The number of halogens is 1. The Morgan fingerprint density at radius 2 is 2.35 bits per heavy atom. The van der Waals surface area contributed by atoms with Crippen molar-refractivity contribution < 1.29 is 4.74 Å². The summed E-state index contributed by atoms with van der Waals surface area (Å²) in [6.07, 6.45) is 3.06. The van der Waals surface area contributed by atoms with Gasteiger partial charge in [-0.2, -0.15) is 5.10 Å². The third-order valence-electron chi connectivity index (χ3n) is 4.06. The molecule has 1 N–H and O–H groups in total. The Kier molecular flexibility index (Phi) is 5.43. The fourth-order valence-electron chi connectivity index (χ4n) is 2.89. The average molecular weight is 301 g/mol. The molecule has 0 amide bonds. The van der Waals surface area contributed by atoms with Gasteiger partial charge in [-0.1, -0.05) is 11.6 Å². The average Bonchev–Trinajstić information content (AvgIpc) is 2.97. The molecular weight excluding hydrogens is 276 g/mol. The number of ether oxygens (including phenoxy) is 1. The lowest BCUT2D eigenvalue weighted by atomic mass is 9.91. The van der Waals surface area contributed by atoms with Crippen LogP contribution in [0.5, 0.6) is 0 Å². The monoisotopic (exact) mass is 300 g/mol. The number of rotatable bonds is 6. The standard InChI is InChI=1S/C14H25ClN4O/c1-10-11(5-8-20-10)13(16-2)14-12(15)9-17-19(14)7-6-18(3)4/h9-11,13,16H,5-8H2,1-4H3. The van der Waals surface area contributed by atoms with Crippen molar-refractivity contribution in [3.05, 3.63) is 16.9 Å². The molecule has 0 aromatic carbocycles. The second-order valence-corrected chi connectivity index (χ2v) is 6.11. The Morgan fingerprint density at radius 1 is 1.60 bits per heavy atom. The smallest absolute Gasteiger partial charge is 0.0834 e. The van der Waals surface area contributed by atoms with E-state index in [-0.39, 0.29) is 12.1 Å². The van der Waals surface area contributed by atoms with E-state index in [2.05, 4.69) is 36.3 Å². The maximum Gasteiger partial charge on any atom is 0.0834 e. The van der Waals surface area contributed by atoms with E-state index in [0.29, 0.717) is 5.92 Å². The lowest BCUT2D eigenvalue weighted by Crippen LogP contribution is -2.32. The molecule has 1 aliphatic rings. The van der Waals surface area contributed by atoms with Gasteiger partial charge in [0.2, 0.25) is 0 Å². The molecule has 0 radical (unpaired) electrons. The number of nitrogens with zero attached hydrogens (tertiary/aromatic N) is 3. The van der Waals surface area contributed by atoms with Gasteiger partial charge in [-0.05, 0) is 34.5 Å². The first-order valence-electron chi connectivity index (χ1n) is 7.19. The first-order chi connectivity index (χ1) is 9.54. The molecule has 0 bridgehead atoms. The van der Waals surface area contributed by atoms with Gasteiger partial charge in [0.25, 0.3) is 0 Å². The van der Waals surface area contributed by atoms with Gasteiger partial charge in [-0.25, -0.2) is 0 Å². The fraction of sp³-hybridized carbons (Fsp3) is 0.786. The summed E-state index contributed by atoms with van der Waals surface area (Å²) in [5, 5.41) is 8.58. The molecule has 1 aromatic heterocycles. The molecule has 6 heteroatoms. The molecule has 3 unspecified atom stereocenters. The molecule has 1 saturated heterocycles. The van der Waals surface area contributed by atoms with Gasteiger partial charge >= 0.3 is 0 Å².